The molecule has 7 N–H and O–H groups in total. The van der Waals surface area contributed by atoms with E-state index in [0.29, 0.717) is 0 Å². The van der Waals surface area contributed by atoms with Crippen molar-refractivity contribution in [2.45, 2.75) is 24.4 Å². The summed E-state index contributed by atoms with van der Waals surface area (Å²) >= 11 is 0. The lowest BCUT2D eigenvalue weighted by Crippen LogP contribution is -2.48. The molecule has 0 aromatic carbocycles. The second-order valence-corrected chi connectivity index (χ2v) is 4.79. The van der Waals surface area contributed by atoms with E-state index >= 15 is 0 Å². The van der Waals surface area contributed by atoms with Crippen LogP contribution < -0.4 is 0 Å². The Hall–Kier alpha value is -0.540. The highest BCUT2D eigenvalue weighted by molar-refractivity contribution is 7.51. The van der Waals surface area contributed by atoms with Crippen molar-refractivity contribution >= 4 is 13.6 Å². The molecule has 0 aromatic rings. The van der Waals surface area contributed by atoms with E-state index in [4.69, 9.17) is 21.6 Å². The van der Waals surface area contributed by atoms with Gasteiger partial charge in [0.05, 0.1) is 12.3 Å². The molecule has 0 spiro atoms. The number of aliphatic hydroxyl groups is 4. The molecule has 0 radical (unpaired) electrons. The summed E-state index contributed by atoms with van der Waals surface area (Å²) in [5, 5.41) is 44.6. The molecule has 0 amide bonds. The molecule has 0 heterocycles. The van der Waals surface area contributed by atoms with Crippen LogP contribution in [0.3, 0.4) is 0 Å². The van der Waals surface area contributed by atoms with E-state index in [1.54, 1.807) is 0 Å². The first-order valence-corrected chi connectivity index (χ1v) is 5.80. The Morgan fingerprint density at radius 3 is 2.12 bits per heavy atom. The maximum absolute atomic E-state index is 10.8. The molecule has 10 heteroatoms. The predicted molar refractivity (Wildman–Crippen MR) is 48.6 cm³/mol. The van der Waals surface area contributed by atoms with Gasteiger partial charge in [0.2, 0.25) is 1.43 Å². The highest BCUT2D eigenvalue weighted by atomic mass is 31.2. The first-order chi connectivity index (χ1) is 7.62. The zero-order valence-corrected chi connectivity index (χ0v) is 8.77. The third-order valence-corrected chi connectivity index (χ3v) is 2.57. The Labute approximate surface area is 91.2 Å². The van der Waals surface area contributed by atoms with Crippen molar-refractivity contribution in [1.29, 1.82) is 1.43 Å². The van der Waals surface area contributed by atoms with Crippen LogP contribution in [0.15, 0.2) is 0 Å². The first-order valence-electron chi connectivity index (χ1n) is 4.45. The van der Waals surface area contributed by atoms with Crippen LogP contribution in [-0.2, 0) is 9.36 Å². The molecule has 5 unspecified atom stereocenters. The highest BCUT2D eigenvalue weighted by Gasteiger charge is 2.36. The van der Waals surface area contributed by atoms with E-state index in [2.05, 4.69) is 4.90 Å². The molecule has 16 heavy (non-hydrogen) atoms. The lowest BCUT2D eigenvalue weighted by Gasteiger charge is -2.24. The van der Waals surface area contributed by atoms with Gasteiger partial charge in [-0.05, 0) is 0 Å². The SMILES string of the molecule is [2H]OP(=O)(O)CC(O)C(O)C(O)C(O)C(=O)O. The number of rotatable bonds is 7. The van der Waals surface area contributed by atoms with E-state index in [1.807, 2.05) is 0 Å². The molecule has 0 saturated heterocycles. The van der Waals surface area contributed by atoms with Crippen molar-refractivity contribution in [3.8, 4) is 0 Å². The van der Waals surface area contributed by atoms with E-state index in [0.717, 1.165) is 0 Å². The topological polar surface area (TPSA) is 176 Å². The van der Waals surface area contributed by atoms with E-state index in [1.165, 1.54) is 0 Å². The molecule has 0 bridgehead atoms. The summed E-state index contributed by atoms with van der Waals surface area (Å²) in [6.45, 7) is 0. The first kappa shape index (κ1) is 13.5. The van der Waals surface area contributed by atoms with Crippen molar-refractivity contribution in [3.05, 3.63) is 0 Å². The van der Waals surface area contributed by atoms with E-state index < -0.39 is 44.1 Å². The number of aliphatic carboxylic acids is 1. The summed E-state index contributed by atoms with van der Waals surface area (Å²) in [4.78, 5) is 22.4. The summed E-state index contributed by atoms with van der Waals surface area (Å²) < 4.78 is 17.0. The Morgan fingerprint density at radius 2 is 1.75 bits per heavy atom. The van der Waals surface area contributed by atoms with Gasteiger partial charge in [-0.3, -0.25) is 4.57 Å². The fraction of sp³-hybridized carbons (Fsp3) is 0.833. The summed E-state index contributed by atoms with van der Waals surface area (Å²) in [6.07, 6.45) is -9.94. The van der Waals surface area contributed by atoms with Crippen LogP contribution in [0.5, 0.6) is 0 Å². The lowest BCUT2D eigenvalue weighted by molar-refractivity contribution is -0.162. The minimum Gasteiger partial charge on any atom is -0.479 e. The summed E-state index contributed by atoms with van der Waals surface area (Å²) in [6, 6.07) is 0. The van der Waals surface area contributed by atoms with Crippen molar-refractivity contribution in [2.75, 3.05) is 6.16 Å². The molecule has 0 aliphatic heterocycles. The van der Waals surface area contributed by atoms with Gasteiger partial charge in [0.25, 0.3) is 0 Å². The highest BCUT2D eigenvalue weighted by Crippen LogP contribution is 2.35. The fourth-order valence-corrected chi connectivity index (χ4v) is 1.59. The minimum absolute atomic E-state index is 1.10. The average Bonchev–Trinajstić information content (AvgIpc) is 2.25. The standard InChI is InChI=1S/C6H13O9P/c7-2(1-16(13,14)15)3(8)4(9)5(10)6(11)12/h2-5,7-10H,1H2,(H,11,12)(H2,13,14,15)/i/hD. The molecule has 0 aliphatic rings. The molecular weight excluding hydrogens is 247 g/mol. The Balaban J connectivity index is 4.55. The van der Waals surface area contributed by atoms with Gasteiger partial charge in [0, 0.05) is 0 Å². The molecule has 96 valence electrons. The number of carbonyl (C=O) groups is 1. The quantitative estimate of drug-likeness (QED) is 0.231. The van der Waals surface area contributed by atoms with E-state index in [-0.39, 0.29) is 0 Å². The molecular formula is C6H13O9P. The van der Waals surface area contributed by atoms with Crippen molar-refractivity contribution in [1.82, 2.24) is 0 Å². The van der Waals surface area contributed by atoms with Crippen molar-refractivity contribution in [2.24, 2.45) is 0 Å². The smallest absolute Gasteiger partial charge is 0.335 e. The molecule has 5 atom stereocenters. The molecule has 0 saturated carbocycles. The third-order valence-electron chi connectivity index (χ3n) is 1.74. The molecule has 0 fully saturated rings. The number of hydrogen-bond acceptors (Lipinski definition) is 7. The number of carboxylic acid groups (broad SMARTS) is 1. The van der Waals surface area contributed by atoms with Gasteiger partial charge in [0.1, 0.15) is 12.2 Å². The van der Waals surface area contributed by atoms with Crippen LogP contribution in [0.2, 0.25) is 0 Å². The Morgan fingerprint density at radius 1 is 1.25 bits per heavy atom. The number of carboxylic acids is 1. The van der Waals surface area contributed by atoms with Crippen LogP contribution in [0.4, 0.5) is 0 Å². The lowest BCUT2D eigenvalue weighted by atomic mass is 10.0. The second-order valence-electron chi connectivity index (χ2n) is 3.15. The summed E-state index contributed by atoms with van der Waals surface area (Å²) in [5.41, 5.74) is 0. The minimum atomic E-state index is -4.46. The van der Waals surface area contributed by atoms with Crippen LogP contribution in [0, 0.1) is 0 Å². The van der Waals surface area contributed by atoms with Gasteiger partial charge in [-0.1, -0.05) is 0 Å². The van der Waals surface area contributed by atoms with Crippen LogP contribution in [0.25, 0.3) is 0 Å². The predicted octanol–water partition coefficient (Wildman–Crippen LogP) is -3.31. The van der Waals surface area contributed by atoms with Crippen molar-refractivity contribution < 1.29 is 44.7 Å². The summed E-state index contributed by atoms with van der Waals surface area (Å²) in [5.74, 6) is -1.84. The van der Waals surface area contributed by atoms with Gasteiger partial charge in [-0.25, -0.2) is 4.79 Å². The maximum Gasteiger partial charge on any atom is 0.335 e. The molecule has 0 aliphatic carbocycles. The van der Waals surface area contributed by atoms with Gasteiger partial charge in [0.15, 0.2) is 6.10 Å². The zero-order chi connectivity index (χ0) is 13.8. The zero-order valence-electron chi connectivity index (χ0n) is 8.87. The fourth-order valence-electron chi connectivity index (χ4n) is 0.905. The third kappa shape index (κ3) is 4.99. The van der Waals surface area contributed by atoms with Gasteiger partial charge in [-0.2, -0.15) is 0 Å². The number of hydrogen-bond donors (Lipinski definition) is 7. The van der Waals surface area contributed by atoms with E-state index in [9.17, 15) is 19.6 Å². The molecule has 9 nitrogen and oxygen atoms in total. The molecule has 0 aromatic heterocycles. The monoisotopic (exact) mass is 261 g/mol. The maximum atomic E-state index is 10.8. The Kier molecular flexibility index (Phi) is 4.81. The Bertz CT molecular complexity index is 310. The van der Waals surface area contributed by atoms with Crippen LogP contribution >= 0.6 is 7.60 Å². The molecule has 0 rings (SSSR count). The average molecular weight is 261 g/mol. The largest absolute Gasteiger partial charge is 0.479 e. The normalized spacial score (nSPS) is 23.7. The second kappa shape index (κ2) is 5.69. The number of aliphatic hydroxyl groups excluding tert-OH is 4. The van der Waals surface area contributed by atoms with Gasteiger partial charge < -0.3 is 35.3 Å². The van der Waals surface area contributed by atoms with Crippen LogP contribution in [0.1, 0.15) is 0 Å². The van der Waals surface area contributed by atoms with Crippen molar-refractivity contribution in [3.63, 3.8) is 0 Å². The van der Waals surface area contributed by atoms with Gasteiger partial charge >= 0.3 is 13.6 Å². The summed E-state index contributed by atoms with van der Waals surface area (Å²) in [7, 11) is -4.46. The van der Waals surface area contributed by atoms with Gasteiger partial charge in [-0.15, -0.1) is 0 Å². The van der Waals surface area contributed by atoms with Crippen LogP contribution in [-0.4, -0.2) is 73.3 Å².